The van der Waals surface area contributed by atoms with Crippen LogP contribution in [0.5, 0.6) is 0 Å². The quantitative estimate of drug-likeness (QED) is 0.812. The molecule has 0 aliphatic heterocycles. The van der Waals surface area contributed by atoms with Gasteiger partial charge in [0, 0.05) is 11.6 Å². The molecule has 0 bridgehead atoms. The highest BCUT2D eigenvalue weighted by atomic mass is 16.1. The van der Waals surface area contributed by atoms with Crippen molar-refractivity contribution >= 4 is 11.6 Å². The van der Waals surface area contributed by atoms with E-state index in [2.05, 4.69) is 31.3 Å². The standard InChI is InChI=1S/C15H23NO/c1-5-11(3)13-7-9-14(10-8-13)16-15(17)12(4)6-2/h7-12H,5-6H2,1-4H3,(H,16,17)/t11-,12-/m1/s1. The lowest BCUT2D eigenvalue weighted by atomic mass is 9.98. The van der Waals surface area contributed by atoms with E-state index in [-0.39, 0.29) is 11.8 Å². The lowest BCUT2D eigenvalue weighted by Crippen LogP contribution is -2.19. The maximum absolute atomic E-state index is 11.7. The van der Waals surface area contributed by atoms with Gasteiger partial charge in [-0.2, -0.15) is 0 Å². The van der Waals surface area contributed by atoms with Gasteiger partial charge in [-0.15, -0.1) is 0 Å². The molecule has 1 rings (SSSR count). The van der Waals surface area contributed by atoms with Crippen LogP contribution in [0.25, 0.3) is 0 Å². The van der Waals surface area contributed by atoms with Crippen LogP contribution in [0, 0.1) is 5.92 Å². The Morgan fingerprint density at radius 2 is 1.71 bits per heavy atom. The average Bonchev–Trinajstić information content (AvgIpc) is 2.37. The summed E-state index contributed by atoms with van der Waals surface area (Å²) in [7, 11) is 0. The van der Waals surface area contributed by atoms with Crippen LogP contribution >= 0.6 is 0 Å². The maximum Gasteiger partial charge on any atom is 0.227 e. The minimum atomic E-state index is 0.0734. The molecule has 0 spiro atoms. The van der Waals surface area contributed by atoms with E-state index in [0.29, 0.717) is 5.92 Å². The summed E-state index contributed by atoms with van der Waals surface area (Å²) in [6.07, 6.45) is 2.01. The fraction of sp³-hybridized carbons (Fsp3) is 0.533. The van der Waals surface area contributed by atoms with Gasteiger partial charge in [0.05, 0.1) is 0 Å². The first-order chi connectivity index (χ1) is 8.08. The highest BCUT2D eigenvalue weighted by molar-refractivity contribution is 5.92. The van der Waals surface area contributed by atoms with Crippen LogP contribution in [-0.2, 0) is 4.79 Å². The molecule has 1 N–H and O–H groups in total. The minimum Gasteiger partial charge on any atom is -0.326 e. The summed E-state index contributed by atoms with van der Waals surface area (Å²) in [5.74, 6) is 0.752. The van der Waals surface area contributed by atoms with E-state index in [0.717, 1.165) is 18.5 Å². The molecule has 0 aromatic heterocycles. The van der Waals surface area contributed by atoms with Gasteiger partial charge < -0.3 is 5.32 Å². The van der Waals surface area contributed by atoms with Gasteiger partial charge in [0.25, 0.3) is 0 Å². The Hall–Kier alpha value is -1.31. The summed E-state index contributed by atoms with van der Waals surface area (Å²) in [6, 6.07) is 8.17. The van der Waals surface area contributed by atoms with Crippen molar-refractivity contribution in [1.82, 2.24) is 0 Å². The minimum absolute atomic E-state index is 0.0734. The van der Waals surface area contributed by atoms with Crippen molar-refractivity contribution in [1.29, 1.82) is 0 Å². The van der Waals surface area contributed by atoms with Crippen molar-refractivity contribution in [2.45, 2.75) is 46.5 Å². The number of carbonyl (C=O) groups excluding carboxylic acids is 1. The smallest absolute Gasteiger partial charge is 0.227 e. The summed E-state index contributed by atoms with van der Waals surface area (Å²) in [6.45, 7) is 8.37. The molecule has 0 unspecified atom stereocenters. The zero-order valence-corrected chi connectivity index (χ0v) is 11.3. The van der Waals surface area contributed by atoms with Crippen molar-refractivity contribution in [3.8, 4) is 0 Å². The van der Waals surface area contributed by atoms with Gasteiger partial charge >= 0.3 is 0 Å². The molecule has 0 radical (unpaired) electrons. The first-order valence-corrected chi connectivity index (χ1v) is 6.49. The molecule has 0 fully saturated rings. The number of anilines is 1. The third-order valence-corrected chi connectivity index (χ3v) is 3.42. The molecule has 17 heavy (non-hydrogen) atoms. The van der Waals surface area contributed by atoms with Crippen molar-refractivity contribution in [2.75, 3.05) is 5.32 Å². The van der Waals surface area contributed by atoms with Crippen LogP contribution in [0.3, 0.4) is 0 Å². The first kappa shape index (κ1) is 13.8. The molecule has 0 saturated carbocycles. The Bertz CT molecular complexity index is 356. The normalized spacial score (nSPS) is 14.1. The Kier molecular flexibility index (Phi) is 5.20. The second kappa shape index (κ2) is 6.43. The van der Waals surface area contributed by atoms with Crippen LogP contribution in [-0.4, -0.2) is 5.91 Å². The number of benzene rings is 1. The predicted octanol–water partition coefficient (Wildman–Crippen LogP) is 4.18. The third-order valence-electron chi connectivity index (χ3n) is 3.42. The van der Waals surface area contributed by atoms with Crippen molar-refractivity contribution in [3.63, 3.8) is 0 Å². The topological polar surface area (TPSA) is 29.1 Å². The van der Waals surface area contributed by atoms with Crippen LogP contribution in [0.15, 0.2) is 24.3 Å². The Labute approximate surface area is 104 Å². The first-order valence-electron chi connectivity index (χ1n) is 6.49. The summed E-state index contributed by atoms with van der Waals surface area (Å²) in [5.41, 5.74) is 2.22. The fourth-order valence-electron chi connectivity index (χ4n) is 1.58. The van der Waals surface area contributed by atoms with Crippen LogP contribution in [0.1, 0.15) is 52.0 Å². The molecular formula is C15H23NO. The Morgan fingerprint density at radius 1 is 1.12 bits per heavy atom. The zero-order valence-electron chi connectivity index (χ0n) is 11.3. The fourth-order valence-corrected chi connectivity index (χ4v) is 1.58. The number of nitrogens with one attached hydrogen (secondary N) is 1. The maximum atomic E-state index is 11.7. The molecule has 0 aliphatic rings. The van der Waals surface area contributed by atoms with Crippen molar-refractivity contribution in [3.05, 3.63) is 29.8 Å². The second-order valence-corrected chi connectivity index (χ2v) is 4.73. The second-order valence-electron chi connectivity index (χ2n) is 4.73. The van der Waals surface area contributed by atoms with Crippen LogP contribution in [0.4, 0.5) is 5.69 Å². The summed E-state index contributed by atoms with van der Waals surface area (Å²) in [5, 5.41) is 2.94. The molecule has 2 atom stereocenters. The van der Waals surface area contributed by atoms with Crippen LogP contribution in [0.2, 0.25) is 0 Å². The largest absolute Gasteiger partial charge is 0.326 e. The van der Waals surface area contributed by atoms with E-state index >= 15 is 0 Å². The van der Waals surface area contributed by atoms with Gasteiger partial charge in [-0.25, -0.2) is 0 Å². The SMILES string of the molecule is CC[C@@H](C)C(=O)Nc1ccc([C@H](C)CC)cc1. The van der Waals surface area contributed by atoms with Crippen LogP contribution < -0.4 is 5.32 Å². The highest BCUT2D eigenvalue weighted by Gasteiger charge is 2.10. The van der Waals surface area contributed by atoms with E-state index in [1.165, 1.54) is 5.56 Å². The third kappa shape index (κ3) is 3.88. The van der Waals surface area contributed by atoms with E-state index in [9.17, 15) is 4.79 Å². The molecule has 0 aliphatic carbocycles. The van der Waals surface area contributed by atoms with E-state index in [1.807, 2.05) is 26.0 Å². The lowest BCUT2D eigenvalue weighted by molar-refractivity contribution is -0.119. The molecule has 1 amide bonds. The molecule has 1 aromatic rings. The predicted molar refractivity (Wildman–Crippen MR) is 73.2 cm³/mol. The van der Waals surface area contributed by atoms with Gasteiger partial charge in [0.2, 0.25) is 5.91 Å². The monoisotopic (exact) mass is 233 g/mol. The summed E-state index contributed by atoms with van der Waals surface area (Å²) in [4.78, 5) is 11.7. The zero-order chi connectivity index (χ0) is 12.8. The molecule has 0 saturated heterocycles. The van der Waals surface area contributed by atoms with Crippen molar-refractivity contribution < 1.29 is 4.79 Å². The number of rotatable bonds is 5. The summed E-state index contributed by atoms with van der Waals surface area (Å²) >= 11 is 0. The molecule has 2 heteroatoms. The highest BCUT2D eigenvalue weighted by Crippen LogP contribution is 2.20. The van der Waals surface area contributed by atoms with Gasteiger partial charge in [0.1, 0.15) is 0 Å². The molecule has 2 nitrogen and oxygen atoms in total. The average molecular weight is 233 g/mol. The molecule has 0 heterocycles. The molecule has 94 valence electrons. The molecule has 1 aromatic carbocycles. The number of hydrogen-bond donors (Lipinski definition) is 1. The van der Waals surface area contributed by atoms with Crippen molar-refractivity contribution in [2.24, 2.45) is 5.92 Å². The van der Waals surface area contributed by atoms with Gasteiger partial charge in [-0.1, -0.05) is 39.8 Å². The van der Waals surface area contributed by atoms with E-state index in [1.54, 1.807) is 0 Å². The van der Waals surface area contributed by atoms with E-state index in [4.69, 9.17) is 0 Å². The Morgan fingerprint density at radius 3 is 2.18 bits per heavy atom. The summed E-state index contributed by atoms with van der Waals surface area (Å²) < 4.78 is 0. The lowest BCUT2D eigenvalue weighted by Gasteiger charge is -2.12. The van der Waals surface area contributed by atoms with Gasteiger partial charge in [-0.05, 0) is 36.5 Å². The number of amides is 1. The number of hydrogen-bond acceptors (Lipinski definition) is 1. The number of carbonyl (C=O) groups is 1. The van der Waals surface area contributed by atoms with E-state index < -0.39 is 0 Å². The molecular weight excluding hydrogens is 210 g/mol. The van der Waals surface area contributed by atoms with Gasteiger partial charge in [0.15, 0.2) is 0 Å². The van der Waals surface area contributed by atoms with Gasteiger partial charge in [-0.3, -0.25) is 4.79 Å². The Balaban J connectivity index is 2.65.